The fraction of sp³-hybridized carbons (Fsp3) is 0.455. The van der Waals surface area contributed by atoms with Gasteiger partial charge < -0.3 is 14.8 Å². The molecule has 0 saturated heterocycles. The predicted molar refractivity (Wildman–Crippen MR) is 119 cm³/mol. The molecule has 1 fully saturated rings. The van der Waals surface area contributed by atoms with Crippen LogP contribution in [-0.4, -0.2) is 52.6 Å². The van der Waals surface area contributed by atoms with Gasteiger partial charge in [-0.1, -0.05) is 0 Å². The van der Waals surface area contributed by atoms with E-state index < -0.39 is 10.0 Å². The Kier molecular flexibility index (Phi) is 6.86. The second kappa shape index (κ2) is 9.23. The fourth-order valence-corrected chi connectivity index (χ4v) is 5.05. The largest absolute Gasteiger partial charge is 0.353 e. The molecule has 1 aliphatic carbocycles. The number of anilines is 1. The van der Waals surface area contributed by atoms with Gasteiger partial charge in [0.2, 0.25) is 21.8 Å². The van der Waals surface area contributed by atoms with Crippen LogP contribution in [0, 0.1) is 0 Å². The van der Waals surface area contributed by atoms with Crippen LogP contribution in [0.5, 0.6) is 0 Å². The van der Waals surface area contributed by atoms with Gasteiger partial charge in [0, 0.05) is 43.6 Å². The SMILES string of the molecule is CC(=O)Nc1ccc(S(=O)(=O)N(CC(=O)N(Cc2cccn2C)C2CC2)C(C)C)cc1. The number of aromatic nitrogens is 1. The maximum atomic E-state index is 13.3. The molecule has 1 aromatic carbocycles. The molecular formula is C22H30N4O4S. The lowest BCUT2D eigenvalue weighted by molar-refractivity contribution is -0.133. The maximum absolute atomic E-state index is 13.3. The number of hydrogen-bond acceptors (Lipinski definition) is 4. The predicted octanol–water partition coefficient (Wildman–Crippen LogP) is 2.57. The van der Waals surface area contributed by atoms with Gasteiger partial charge in [-0.05, 0) is 63.1 Å². The van der Waals surface area contributed by atoms with E-state index in [9.17, 15) is 18.0 Å². The van der Waals surface area contributed by atoms with Crippen LogP contribution in [0.4, 0.5) is 5.69 Å². The van der Waals surface area contributed by atoms with Crippen LogP contribution in [0.15, 0.2) is 47.5 Å². The molecule has 9 heteroatoms. The zero-order valence-electron chi connectivity index (χ0n) is 18.4. The average molecular weight is 447 g/mol. The van der Waals surface area contributed by atoms with E-state index in [1.54, 1.807) is 30.9 Å². The summed E-state index contributed by atoms with van der Waals surface area (Å²) < 4.78 is 29.8. The maximum Gasteiger partial charge on any atom is 0.243 e. The molecule has 0 spiro atoms. The first-order valence-electron chi connectivity index (χ1n) is 10.4. The Morgan fingerprint density at radius 3 is 2.29 bits per heavy atom. The molecule has 31 heavy (non-hydrogen) atoms. The lowest BCUT2D eigenvalue weighted by atomic mass is 10.3. The summed E-state index contributed by atoms with van der Waals surface area (Å²) in [7, 11) is -1.95. The Morgan fingerprint density at radius 2 is 1.81 bits per heavy atom. The zero-order chi connectivity index (χ0) is 22.8. The minimum Gasteiger partial charge on any atom is -0.353 e. The standard InChI is InChI=1S/C22H30N4O4S/c1-16(2)26(31(29,30)21-11-7-18(8-12-21)23-17(3)27)15-22(28)25(19-9-10-19)14-20-6-5-13-24(20)4/h5-8,11-13,16,19H,9-10,14-15H2,1-4H3,(H,23,27). The minimum absolute atomic E-state index is 0.0866. The van der Waals surface area contributed by atoms with Crippen LogP contribution in [0.3, 0.4) is 0 Å². The minimum atomic E-state index is -3.88. The number of aryl methyl sites for hydroxylation is 1. The van der Waals surface area contributed by atoms with Gasteiger partial charge in [0.25, 0.3) is 0 Å². The number of nitrogens with one attached hydrogen (secondary N) is 1. The van der Waals surface area contributed by atoms with Crippen molar-refractivity contribution < 1.29 is 18.0 Å². The fourth-order valence-electron chi connectivity index (χ4n) is 3.46. The molecule has 3 rings (SSSR count). The van der Waals surface area contributed by atoms with E-state index >= 15 is 0 Å². The Bertz CT molecular complexity index is 1040. The normalized spacial score (nSPS) is 14.1. The van der Waals surface area contributed by atoms with Crippen LogP contribution in [0.1, 0.15) is 39.3 Å². The van der Waals surface area contributed by atoms with E-state index in [0.717, 1.165) is 18.5 Å². The van der Waals surface area contributed by atoms with Crippen LogP contribution in [0.2, 0.25) is 0 Å². The van der Waals surface area contributed by atoms with Crippen LogP contribution < -0.4 is 5.32 Å². The smallest absolute Gasteiger partial charge is 0.243 e. The van der Waals surface area contributed by atoms with Crippen LogP contribution >= 0.6 is 0 Å². The molecule has 0 aliphatic heterocycles. The van der Waals surface area contributed by atoms with Crippen molar-refractivity contribution >= 4 is 27.5 Å². The number of carbonyl (C=O) groups is 2. The van der Waals surface area contributed by atoms with Gasteiger partial charge >= 0.3 is 0 Å². The molecule has 1 aromatic heterocycles. The van der Waals surface area contributed by atoms with Gasteiger partial charge in [0.1, 0.15) is 0 Å². The summed E-state index contributed by atoms with van der Waals surface area (Å²) in [6.45, 7) is 5.15. The van der Waals surface area contributed by atoms with E-state index in [1.807, 2.05) is 29.9 Å². The highest BCUT2D eigenvalue weighted by atomic mass is 32.2. The highest BCUT2D eigenvalue weighted by Gasteiger charge is 2.36. The summed E-state index contributed by atoms with van der Waals surface area (Å²) in [6, 6.07) is 9.65. The number of rotatable bonds is 9. The van der Waals surface area contributed by atoms with Crippen molar-refractivity contribution in [3.05, 3.63) is 48.3 Å². The molecule has 0 bridgehead atoms. The monoisotopic (exact) mass is 446 g/mol. The van der Waals surface area contributed by atoms with Crippen molar-refractivity contribution in [3.63, 3.8) is 0 Å². The Morgan fingerprint density at radius 1 is 1.16 bits per heavy atom. The molecule has 1 heterocycles. The highest BCUT2D eigenvalue weighted by molar-refractivity contribution is 7.89. The van der Waals surface area contributed by atoms with E-state index in [0.29, 0.717) is 12.2 Å². The quantitative estimate of drug-likeness (QED) is 0.641. The lowest BCUT2D eigenvalue weighted by Gasteiger charge is -2.29. The summed E-state index contributed by atoms with van der Waals surface area (Å²) in [4.78, 5) is 26.3. The Labute approximate surface area is 183 Å². The van der Waals surface area contributed by atoms with E-state index in [2.05, 4.69) is 5.32 Å². The third-order valence-electron chi connectivity index (χ3n) is 5.34. The van der Waals surface area contributed by atoms with E-state index in [1.165, 1.54) is 23.4 Å². The summed E-state index contributed by atoms with van der Waals surface area (Å²) in [6.07, 6.45) is 3.81. The second-order valence-corrected chi connectivity index (χ2v) is 10.1. The molecule has 1 aliphatic rings. The molecule has 1 N–H and O–H groups in total. The molecule has 0 atom stereocenters. The topological polar surface area (TPSA) is 91.7 Å². The lowest BCUT2D eigenvalue weighted by Crippen LogP contribution is -2.46. The number of amides is 2. The summed E-state index contributed by atoms with van der Waals surface area (Å²) in [5.74, 6) is -0.431. The first-order chi connectivity index (χ1) is 14.6. The van der Waals surface area contributed by atoms with Gasteiger partial charge in [0.15, 0.2) is 0 Å². The van der Waals surface area contributed by atoms with E-state index in [4.69, 9.17) is 0 Å². The molecular weight excluding hydrogens is 416 g/mol. The molecule has 0 unspecified atom stereocenters. The molecule has 0 radical (unpaired) electrons. The summed E-state index contributed by atoms with van der Waals surface area (Å²) >= 11 is 0. The van der Waals surface area contributed by atoms with Gasteiger partial charge in [-0.3, -0.25) is 9.59 Å². The van der Waals surface area contributed by atoms with Crippen molar-refractivity contribution in [2.24, 2.45) is 7.05 Å². The van der Waals surface area contributed by atoms with Crippen LogP contribution in [0.25, 0.3) is 0 Å². The summed E-state index contributed by atoms with van der Waals surface area (Å²) in [5, 5.41) is 2.62. The first kappa shape index (κ1) is 23.0. The van der Waals surface area contributed by atoms with Crippen molar-refractivity contribution in [2.75, 3.05) is 11.9 Å². The van der Waals surface area contributed by atoms with Crippen molar-refractivity contribution in [3.8, 4) is 0 Å². The van der Waals surface area contributed by atoms with Crippen molar-refractivity contribution in [2.45, 2.75) is 57.1 Å². The Hall–Kier alpha value is -2.65. The van der Waals surface area contributed by atoms with Gasteiger partial charge in [0.05, 0.1) is 18.0 Å². The van der Waals surface area contributed by atoms with Gasteiger partial charge in [-0.15, -0.1) is 0 Å². The van der Waals surface area contributed by atoms with Crippen LogP contribution in [-0.2, 0) is 33.2 Å². The molecule has 1 saturated carbocycles. The number of carbonyl (C=O) groups excluding carboxylic acids is 2. The molecule has 168 valence electrons. The first-order valence-corrected chi connectivity index (χ1v) is 11.8. The second-order valence-electron chi connectivity index (χ2n) is 8.21. The number of hydrogen-bond donors (Lipinski definition) is 1. The molecule has 2 amide bonds. The van der Waals surface area contributed by atoms with Gasteiger partial charge in [-0.2, -0.15) is 4.31 Å². The third kappa shape index (κ3) is 5.54. The summed E-state index contributed by atoms with van der Waals surface area (Å²) in [5.41, 5.74) is 1.52. The average Bonchev–Trinajstić information content (AvgIpc) is 3.45. The third-order valence-corrected chi connectivity index (χ3v) is 7.38. The highest BCUT2D eigenvalue weighted by Crippen LogP contribution is 2.29. The Balaban J connectivity index is 1.79. The van der Waals surface area contributed by atoms with Crippen molar-refractivity contribution in [1.29, 1.82) is 0 Å². The number of benzene rings is 1. The van der Waals surface area contributed by atoms with Crippen molar-refractivity contribution in [1.82, 2.24) is 13.8 Å². The molecule has 8 nitrogen and oxygen atoms in total. The van der Waals surface area contributed by atoms with E-state index in [-0.39, 0.29) is 35.3 Å². The molecule has 2 aromatic rings. The number of sulfonamides is 1. The number of nitrogens with zero attached hydrogens (tertiary/aromatic N) is 3. The zero-order valence-corrected chi connectivity index (χ0v) is 19.2. The van der Waals surface area contributed by atoms with Gasteiger partial charge in [-0.25, -0.2) is 8.42 Å².